The van der Waals surface area contributed by atoms with Crippen LogP contribution in [0.3, 0.4) is 0 Å². The Morgan fingerprint density at radius 1 is 1.10 bits per heavy atom. The van der Waals surface area contributed by atoms with Gasteiger partial charge in [0, 0.05) is 30.1 Å². The molecule has 0 saturated carbocycles. The summed E-state index contributed by atoms with van der Waals surface area (Å²) >= 11 is 0. The normalized spacial score (nSPS) is 10.4. The predicted octanol–water partition coefficient (Wildman–Crippen LogP) is 3.11. The summed E-state index contributed by atoms with van der Waals surface area (Å²) in [4.78, 5) is 12.3. The highest BCUT2D eigenvalue weighted by atomic mass is 19.0. The van der Waals surface area contributed by atoms with E-state index in [-0.39, 0.29) is 10.1 Å². The van der Waals surface area contributed by atoms with Crippen molar-refractivity contribution in [1.82, 2.24) is 0 Å². The predicted molar refractivity (Wildman–Crippen MR) is 81.1 cm³/mol. The Morgan fingerprint density at radius 2 is 1.75 bits per heavy atom. The third-order valence-electron chi connectivity index (χ3n) is 3.08. The Bertz CT molecular complexity index is 827. The quantitative estimate of drug-likeness (QED) is 0.556. The van der Waals surface area contributed by atoms with E-state index in [0.717, 1.165) is 12.2 Å². The van der Waals surface area contributed by atoms with Crippen LogP contribution in [0.5, 0.6) is 0 Å². The number of rotatable bonds is 2. The summed E-state index contributed by atoms with van der Waals surface area (Å²) in [5, 5.41) is 4.33. The summed E-state index contributed by atoms with van der Waals surface area (Å²) in [7, 11) is 0. The van der Waals surface area contributed by atoms with Crippen LogP contribution in [0, 0.1) is 0 Å². The smallest absolute Gasteiger partial charge is 0.200 e. The number of hydrogen-bond acceptors (Lipinski definition) is 4. The molecule has 104 valence electrons. The molecule has 4 nitrogen and oxygen atoms in total. The highest BCUT2D eigenvalue weighted by molar-refractivity contribution is 5.92. The molecule has 0 aliphatic carbocycles. The molecule has 0 radical (unpaired) electrons. The Kier molecular flexibility index (Phi) is 3.61. The Morgan fingerprint density at radius 3 is 2.45 bits per heavy atom. The maximum Gasteiger partial charge on any atom is 0.200 e. The van der Waals surface area contributed by atoms with Gasteiger partial charge in [0.2, 0.25) is 5.43 Å². The second kappa shape index (κ2) is 5.21. The summed E-state index contributed by atoms with van der Waals surface area (Å²) < 4.78 is 5.77. The van der Waals surface area contributed by atoms with Gasteiger partial charge in [-0.1, -0.05) is 0 Å². The van der Waals surface area contributed by atoms with Gasteiger partial charge in [0.25, 0.3) is 0 Å². The van der Waals surface area contributed by atoms with Crippen molar-refractivity contribution in [3.8, 4) is 0 Å². The number of halogens is 1. The third-order valence-corrected chi connectivity index (χ3v) is 3.08. The van der Waals surface area contributed by atoms with Crippen LogP contribution in [0.4, 0.5) is 16.1 Å². The molecule has 3 N–H and O–H groups in total. The fourth-order valence-electron chi connectivity index (χ4n) is 2.18. The molecule has 0 amide bonds. The van der Waals surface area contributed by atoms with E-state index in [4.69, 9.17) is 10.2 Å². The zero-order chi connectivity index (χ0) is 13.4. The van der Waals surface area contributed by atoms with E-state index >= 15 is 0 Å². The molecule has 0 unspecified atom stereocenters. The first-order chi connectivity index (χ1) is 9.19. The molecular formula is C15H15FN2O2. The van der Waals surface area contributed by atoms with E-state index in [0.29, 0.717) is 27.6 Å². The highest BCUT2D eigenvalue weighted by Crippen LogP contribution is 2.23. The second-order valence-electron chi connectivity index (χ2n) is 4.43. The van der Waals surface area contributed by atoms with E-state index < -0.39 is 0 Å². The monoisotopic (exact) mass is 274 g/mol. The fourth-order valence-corrected chi connectivity index (χ4v) is 2.18. The lowest BCUT2D eigenvalue weighted by atomic mass is 10.1. The van der Waals surface area contributed by atoms with E-state index in [1.165, 1.54) is 0 Å². The molecule has 3 rings (SSSR count). The van der Waals surface area contributed by atoms with E-state index in [9.17, 15) is 4.79 Å². The lowest BCUT2D eigenvalue weighted by Gasteiger charge is -2.06. The van der Waals surface area contributed by atoms with Crippen molar-refractivity contribution in [2.75, 3.05) is 17.6 Å². The zero-order valence-corrected chi connectivity index (χ0v) is 11.0. The van der Waals surface area contributed by atoms with Gasteiger partial charge < -0.3 is 15.5 Å². The Balaban J connectivity index is 0.00000147. The van der Waals surface area contributed by atoms with Gasteiger partial charge in [-0.3, -0.25) is 9.50 Å². The summed E-state index contributed by atoms with van der Waals surface area (Å²) in [6, 6.07) is 10.6. The number of nitrogen functional groups attached to an aromatic ring is 1. The Hall–Kier alpha value is -2.56. The summed E-state index contributed by atoms with van der Waals surface area (Å²) in [6.07, 6.45) is 0. The zero-order valence-electron chi connectivity index (χ0n) is 11.0. The fraction of sp³-hybridized carbons (Fsp3) is 0.133. The van der Waals surface area contributed by atoms with Crippen molar-refractivity contribution in [2.45, 2.75) is 6.92 Å². The van der Waals surface area contributed by atoms with Crippen LogP contribution in [0.25, 0.3) is 21.9 Å². The van der Waals surface area contributed by atoms with E-state index in [1.54, 1.807) is 24.3 Å². The van der Waals surface area contributed by atoms with Gasteiger partial charge in [-0.05, 0) is 31.2 Å². The molecule has 3 aromatic rings. The topological polar surface area (TPSA) is 68.3 Å². The molecular weight excluding hydrogens is 259 g/mol. The number of anilines is 2. The molecule has 1 aromatic heterocycles. The van der Waals surface area contributed by atoms with Crippen LogP contribution in [0.15, 0.2) is 45.6 Å². The lowest BCUT2D eigenvalue weighted by Crippen LogP contribution is -2.03. The third kappa shape index (κ3) is 2.18. The number of fused-ring (bicyclic) bond motifs is 2. The molecule has 0 spiro atoms. The molecule has 0 aliphatic rings. The first kappa shape index (κ1) is 13.9. The number of nitrogens with two attached hydrogens (primary N) is 1. The van der Waals surface area contributed by atoms with Gasteiger partial charge in [-0.2, -0.15) is 0 Å². The van der Waals surface area contributed by atoms with E-state index in [2.05, 4.69) is 5.32 Å². The van der Waals surface area contributed by atoms with Crippen LogP contribution < -0.4 is 16.5 Å². The largest absolute Gasteiger partial charge is 0.456 e. The van der Waals surface area contributed by atoms with Crippen LogP contribution in [-0.4, -0.2) is 6.54 Å². The standard InChI is InChI=1S/C15H14N2O2.FH/c1-2-17-10-4-6-12-14(8-10)19-13-7-9(16)3-5-11(13)15(12)18;/h3-8,17H,2,16H2,1H3;1H. The molecule has 0 fully saturated rings. The van der Waals surface area contributed by atoms with E-state index in [1.807, 2.05) is 19.1 Å². The van der Waals surface area contributed by atoms with Crippen molar-refractivity contribution in [3.63, 3.8) is 0 Å². The summed E-state index contributed by atoms with van der Waals surface area (Å²) in [5.74, 6) is 0. The first-order valence-electron chi connectivity index (χ1n) is 6.19. The van der Waals surface area contributed by atoms with Crippen molar-refractivity contribution in [2.24, 2.45) is 0 Å². The number of nitrogens with one attached hydrogen (secondary N) is 1. The highest BCUT2D eigenvalue weighted by Gasteiger charge is 2.08. The molecule has 1 heterocycles. The molecule has 0 bridgehead atoms. The summed E-state index contributed by atoms with van der Waals surface area (Å²) in [6.45, 7) is 2.83. The molecule has 0 atom stereocenters. The SMILES string of the molecule is CCNc1ccc2c(=O)c3ccc(N)cc3oc2c1.F. The van der Waals surface area contributed by atoms with Gasteiger partial charge in [-0.25, -0.2) is 0 Å². The molecule has 0 aliphatic heterocycles. The van der Waals surface area contributed by atoms with Gasteiger partial charge >= 0.3 is 0 Å². The van der Waals surface area contributed by atoms with Crippen molar-refractivity contribution >= 4 is 33.3 Å². The second-order valence-corrected chi connectivity index (χ2v) is 4.43. The van der Waals surface area contributed by atoms with Crippen LogP contribution in [0.2, 0.25) is 0 Å². The minimum atomic E-state index is -0.0284. The first-order valence-corrected chi connectivity index (χ1v) is 6.19. The van der Waals surface area contributed by atoms with Gasteiger partial charge in [0.05, 0.1) is 10.8 Å². The van der Waals surface area contributed by atoms with Crippen molar-refractivity contribution in [3.05, 3.63) is 46.6 Å². The lowest BCUT2D eigenvalue weighted by molar-refractivity contribution is 0.660. The van der Waals surface area contributed by atoms with Gasteiger partial charge in [0.1, 0.15) is 11.2 Å². The summed E-state index contributed by atoms with van der Waals surface area (Å²) in [5.41, 5.74) is 8.30. The number of benzene rings is 2. The molecule has 0 saturated heterocycles. The molecule has 2 aromatic carbocycles. The molecule has 20 heavy (non-hydrogen) atoms. The van der Waals surface area contributed by atoms with Gasteiger partial charge in [-0.15, -0.1) is 0 Å². The average molecular weight is 274 g/mol. The Labute approximate surface area is 114 Å². The van der Waals surface area contributed by atoms with Crippen molar-refractivity contribution < 1.29 is 9.12 Å². The number of hydrogen-bond donors (Lipinski definition) is 2. The van der Waals surface area contributed by atoms with Crippen LogP contribution in [-0.2, 0) is 0 Å². The minimum absolute atomic E-state index is 0. The minimum Gasteiger partial charge on any atom is -0.456 e. The average Bonchev–Trinajstić information content (AvgIpc) is 2.38. The maximum atomic E-state index is 12.3. The van der Waals surface area contributed by atoms with Crippen LogP contribution >= 0.6 is 0 Å². The van der Waals surface area contributed by atoms with Crippen LogP contribution in [0.1, 0.15) is 6.92 Å². The van der Waals surface area contributed by atoms with Crippen molar-refractivity contribution in [1.29, 1.82) is 0 Å². The molecule has 5 heteroatoms. The van der Waals surface area contributed by atoms with Gasteiger partial charge in [0.15, 0.2) is 0 Å². The maximum absolute atomic E-state index is 12.3.